The number of pyridine rings is 2. The van der Waals surface area contributed by atoms with Crippen LogP contribution < -0.4 is 15.1 Å². The minimum atomic E-state index is -0.158. The van der Waals surface area contributed by atoms with Gasteiger partial charge in [0, 0.05) is 39.8 Å². The Morgan fingerprint density at radius 1 is 0.673 bits per heavy atom. The Hall–Kier alpha value is -5.35. The van der Waals surface area contributed by atoms with Crippen molar-refractivity contribution in [3.8, 4) is 0 Å². The van der Waals surface area contributed by atoms with Crippen LogP contribution in [0.5, 0.6) is 0 Å². The van der Waals surface area contributed by atoms with Crippen molar-refractivity contribution >= 4 is 89.7 Å². The number of aromatic nitrogens is 4. The molecule has 1 N–H and O–H groups in total. The van der Waals surface area contributed by atoms with Gasteiger partial charge in [-0.15, -0.1) is 0 Å². The van der Waals surface area contributed by atoms with E-state index in [0.29, 0.717) is 5.92 Å². The fraction of sp³-hybridized carbons (Fsp3) is 0.234. The van der Waals surface area contributed by atoms with E-state index in [-0.39, 0.29) is 16.9 Å². The maximum Gasteiger partial charge on any atom is 0.159 e. The van der Waals surface area contributed by atoms with Gasteiger partial charge in [-0.05, 0) is 76.0 Å². The summed E-state index contributed by atoms with van der Waals surface area (Å²) in [7, 11) is 0. The van der Waals surface area contributed by atoms with Crippen molar-refractivity contribution in [2.24, 2.45) is 5.92 Å². The minimum Gasteiger partial charge on any atom is -0.368 e. The molecule has 7 aromatic rings. The predicted octanol–water partition coefficient (Wildman–Crippen LogP) is 11.8. The number of hydrogen-bond donors (Lipinski definition) is 1. The third-order valence-corrected chi connectivity index (χ3v) is 12.9. The van der Waals surface area contributed by atoms with Crippen LogP contribution in [-0.4, -0.2) is 32.5 Å². The van der Waals surface area contributed by atoms with Crippen molar-refractivity contribution in [3.63, 3.8) is 0 Å². The molecular weight excluding hydrogens is 789 g/mol. The number of rotatable bonds is 5. The van der Waals surface area contributed by atoms with E-state index in [0.717, 1.165) is 78.1 Å². The van der Waals surface area contributed by atoms with Gasteiger partial charge in [-0.1, -0.05) is 114 Å². The van der Waals surface area contributed by atoms with Gasteiger partial charge in [-0.2, -0.15) is 0 Å². The molecule has 0 bridgehead atoms. The lowest BCUT2D eigenvalue weighted by Crippen LogP contribution is -2.49. The second-order valence-corrected chi connectivity index (χ2v) is 17.1. The highest BCUT2D eigenvalue weighted by molar-refractivity contribution is 14.1. The number of para-hydroxylation sites is 3. The average molecular weight is 832 g/mol. The molecular formula is C47H42IN7. The molecule has 0 saturated carbocycles. The van der Waals surface area contributed by atoms with Crippen LogP contribution in [0.15, 0.2) is 122 Å². The van der Waals surface area contributed by atoms with Crippen molar-refractivity contribution in [1.29, 1.82) is 0 Å². The van der Waals surface area contributed by atoms with Crippen LogP contribution in [0.3, 0.4) is 0 Å². The van der Waals surface area contributed by atoms with E-state index in [4.69, 9.17) is 19.9 Å². The number of halogens is 1. The molecule has 2 unspecified atom stereocenters. The summed E-state index contributed by atoms with van der Waals surface area (Å²) >= 11 is 2.32. The lowest BCUT2D eigenvalue weighted by atomic mass is 9.65. The zero-order valence-electron chi connectivity index (χ0n) is 31.7. The summed E-state index contributed by atoms with van der Waals surface area (Å²) in [6.45, 7) is 12.3. The molecule has 0 radical (unpaired) electrons. The molecule has 10 rings (SSSR count). The first-order chi connectivity index (χ1) is 26.7. The largest absolute Gasteiger partial charge is 0.368 e. The maximum absolute atomic E-state index is 5.35. The number of fused-ring (bicyclic) bond motifs is 10. The van der Waals surface area contributed by atoms with Crippen molar-refractivity contribution in [2.45, 2.75) is 57.9 Å². The molecule has 2 atom stereocenters. The molecule has 0 amide bonds. The van der Waals surface area contributed by atoms with Gasteiger partial charge >= 0.3 is 0 Å². The van der Waals surface area contributed by atoms with E-state index < -0.39 is 0 Å². The molecule has 3 aliphatic rings. The normalized spacial score (nSPS) is 18.9. The monoisotopic (exact) mass is 831 g/mol. The van der Waals surface area contributed by atoms with Crippen molar-refractivity contribution in [1.82, 2.24) is 19.9 Å². The van der Waals surface area contributed by atoms with Crippen LogP contribution in [0.4, 0.5) is 34.3 Å². The average Bonchev–Trinajstić information content (AvgIpc) is 3.20. The van der Waals surface area contributed by atoms with Crippen LogP contribution in [0.2, 0.25) is 0 Å². The van der Waals surface area contributed by atoms with Crippen LogP contribution in [0.25, 0.3) is 32.8 Å². The molecule has 1 aliphatic carbocycles. The fourth-order valence-electron chi connectivity index (χ4n) is 9.38. The first kappa shape index (κ1) is 34.2. The number of allylic oxidation sites excluding steroid dienone is 2. The van der Waals surface area contributed by atoms with E-state index in [2.05, 4.69) is 182 Å². The highest BCUT2D eigenvalue weighted by Gasteiger charge is 2.45. The zero-order valence-corrected chi connectivity index (χ0v) is 33.8. The van der Waals surface area contributed by atoms with Gasteiger partial charge in [-0.25, -0.2) is 9.97 Å². The van der Waals surface area contributed by atoms with Crippen molar-refractivity contribution in [2.75, 3.05) is 21.7 Å². The SMILES string of the molecule is CCCNc1nc2c3cc(N4c5ccccc5C(C)(C)c5ccccc54)cnc3c3ncc(N4c5ccccc5C(C)(C)C5C=CC=CC54)cc3c2nc1I. The minimum absolute atomic E-state index is 0.0392. The Balaban J connectivity index is 1.22. The second kappa shape index (κ2) is 12.6. The van der Waals surface area contributed by atoms with Crippen LogP contribution in [0, 0.1) is 9.62 Å². The summed E-state index contributed by atoms with van der Waals surface area (Å²) in [6, 6.07) is 30.9. The van der Waals surface area contributed by atoms with Crippen molar-refractivity contribution < 1.29 is 0 Å². The molecule has 0 fully saturated rings. The number of hydrogen-bond acceptors (Lipinski definition) is 7. The van der Waals surface area contributed by atoms with Gasteiger partial charge in [0.2, 0.25) is 0 Å². The smallest absolute Gasteiger partial charge is 0.159 e. The number of anilines is 6. The third kappa shape index (κ3) is 5.06. The molecule has 3 aromatic heterocycles. The van der Waals surface area contributed by atoms with Crippen LogP contribution in [0.1, 0.15) is 57.7 Å². The van der Waals surface area contributed by atoms with Gasteiger partial charge in [0.15, 0.2) is 5.82 Å². The first-order valence-corrected chi connectivity index (χ1v) is 20.3. The zero-order chi connectivity index (χ0) is 37.6. The van der Waals surface area contributed by atoms with E-state index in [1.165, 1.54) is 22.4 Å². The quantitative estimate of drug-likeness (QED) is 0.137. The van der Waals surface area contributed by atoms with Crippen LogP contribution >= 0.6 is 22.6 Å². The Labute approximate surface area is 335 Å². The summed E-state index contributed by atoms with van der Waals surface area (Å²) in [4.78, 5) is 26.0. The Bertz CT molecular complexity index is 2720. The molecule has 8 heteroatoms. The summed E-state index contributed by atoms with van der Waals surface area (Å²) in [5.74, 6) is 1.08. The van der Waals surface area contributed by atoms with E-state index in [1.807, 2.05) is 12.4 Å². The number of benzene rings is 4. The van der Waals surface area contributed by atoms with Gasteiger partial charge in [0.1, 0.15) is 14.7 Å². The Morgan fingerprint density at radius 3 is 1.91 bits per heavy atom. The van der Waals surface area contributed by atoms with E-state index in [9.17, 15) is 0 Å². The van der Waals surface area contributed by atoms with E-state index in [1.54, 1.807) is 0 Å². The molecule has 272 valence electrons. The molecule has 55 heavy (non-hydrogen) atoms. The molecule has 2 aliphatic heterocycles. The molecule has 0 spiro atoms. The summed E-state index contributed by atoms with van der Waals surface area (Å²) in [5.41, 5.74) is 12.5. The van der Waals surface area contributed by atoms with Crippen molar-refractivity contribution in [3.05, 3.63) is 142 Å². The first-order valence-electron chi connectivity index (χ1n) is 19.2. The summed E-state index contributed by atoms with van der Waals surface area (Å²) in [5, 5.41) is 5.41. The molecule has 4 aromatic carbocycles. The molecule has 0 saturated heterocycles. The van der Waals surface area contributed by atoms with Gasteiger partial charge in [-0.3, -0.25) is 9.97 Å². The molecule has 5 heterocycles. The lowest BCUT2D eigenvalue weighted by Gasteiger charge is -2.50. The highest BCUT2D eigenvalue weighted by Crippen LogP contribution is 2.53. The summed E-state index contributed by atoms with van der Waals surface area (Å²) < 4.78 is 0.834. The highest BCUT2D eigenvalue weighted by atomic mass is 127. The number of nitrogens with one attached hydrogen (secondary N) is 1. The topological polar surface area (TPSA) is 70.1 Å². The second-order valence-electron chi connectivity index (χ2n) is 16.1. The fourth-order valence-corrected chi connectivity index (χ4v) is 9.94. The maximum atomic E-state index is 5.35. The van der Waals surface area contributed by atoms with Crippen LogP contribution in [-0.2, 0) is 10.8 Å². The van der Waals surface area contributed by atoms with E-state index >= 15 is 0 Å². The number of nitrogens with zero attached hydrogens (tertiary/aromatic N) is 6. The summed E-state index contributed by atoms with van der Waals surface area (Å²) in [6.07, 6.45) is 14.1. The Morgan fingerprint density at radius 2 is 1.24 bits per heavy atom. The Kier molecular flexibility index (Phi) is 7.82. The predicted molar refractivity (Wildman–Crippen MR) is 236 cm³/mol. The standard InChI is InChI=1S/C47H42IN7/c1-6-23-49-45-44(48)52-42-30-24-28(54-36-19-11-7-15-32(36)46(2,3)33-16-8-12-20-37(33)54)26-50-40(30)41-31(43(42)53-45)25-29(27-51-41)55-38-21-13-9-17-34(38)47(4,5)35-18-10-14-22-39(35)55/h7-22,24-27,32,36H,6,23H2,1-5H3,(H,49,53). The van der Waals surface area contributed by atoms with Gasteiger partial charge < -0.3 is 15.1 Å². The lowest BCUT2D eigenvalue weighted by molar-refractivity contribution is 0.332. The van der Waals surface area contributed by atoms with Gasteiger partial charge in [0.25, 0.3) is 0 Å². The third-order valence-electron chi connectivity index (χ3n) is 12.1. The van der Waals surface area contributed by atoms with Gasteiger partial charge in [0.05, 0.1) is 52.2 Å². The molecule has 7 nitrogen and oxygen atoms in total.